The number of nitrogens with zero attached hydrogens (tertiary/aromatic N) is 2. The molecule has 1 saturated heterocycles. The summed E-state index contributed by atoms with van der Waals surface area (Å²) in [7, 11) is 1.70. The van der Waals surface area contributed by atoms with Gasteiger partial charge in [-0.05, 0) is 30.5 Å². The van der Waals surface area contributed by atoms with Crippen molar-refractivity contribution in [2.45, 2.75) is 25.3 Å². The molecule has 3 N–H and O–H groups in total. The number of H-pyrrole nitrogens is 1. The van der Waals surface area contributed by atoms with E-state index in [4.69, 9.17) is 10.5 Å². The van der Waals surface area contributed by atoms with Gasteiger partial charge in [0.15, 0.2) is 5.82 Å². The van der Waals surface area contributed by atoms with Crippen molar-refractivity contribution in [3.8, 4) is 17.0 Å². The van der Waals surface area contributed by atoms with Crippen LogP contribution in [0.25, 0.3) is 11.3 Å². The number of fused-ring (bicyclic) bond motifs is 3. The Morgan fingerprint density at radius 3 is 3.14 bits per heavy atom. The van der Waals surface area contributed by atoms with Crippen molar-refractivity contribution in [2.75, 3.05) is 25.1 Å². The van der Waals surface area contributed by atoms with E-state index in [2.05, 4.69) is 27.2 Å². The third-order valence-corrected chi connectivity index (χ3v) is 4.56. The lowest BCUT2D eigenvalue weighted by molar-refractivity contribution is 0.415. The number of rotatable bonds is 2. The predicted molar refractivity (Wildman–Crippen MR) is 82.8 cm³/mol. The Balaban J connectivity index is 1.71. The fourth-order valence-electron chi connectivity index (χ4n) is 3.47. The Labute approximate surface area is 124 Å². The zero-order valence-corrected chi connectivity index (χ0v) is 12.2. The van der Waals surface area contributed by atoms with Crippen LogP contribution in [0.3, 0.4) is 0 Å². The predicted octanol–water partition coefficient (Wildman–Crippen LogP) is 1.92. The molecule has 5 nitrogen and oxygen atoms in total. The van der Waals surface area contributed by atoms with Gasteiger partial charge in [0.05, 0.1) is 12.8 Å². The number of hydrogen-bond donors (Lipinski definition) is 2. The second-order valence-corrected chi connectivity index (χ2v) is 5.95. The summed E-state index contributed by atoms with van der Waals surface area (Å²) in [5.74, 6) is 1.97. The third-order valence-electron chi connectivity index (χ3n) is 4.56. The smallest absolute Gasteiger partial charge is 0.154 e. The zero-order chi connectivity index (χ0) is 14.4. The molecule has 1 aromatic carbocycles. The van der Waals surface area contributed by atoms with Crippen molar-refractivity contribution < 1.29 is 4.74 Å². The standard InChI is InChI=1S/C16H20N4O/c1-21-12-5-4-10-7-14-15(13(10)8-12)18-19-16(14)20-6-2-3-11(17)9-20/h4-5,8,11H,2-3,6-7,9,17H2,1H3,(H,18,19). The fourth-order valence-corrected chi connectivity index (χ4v) is 3.47. The molecule has 2 aromatic rings. The summed E-state index contributed by atoms with van der Waals surface area (Å²) >= 11 is 0. The average molecular weight is 284 g/mol. The minimum Gasteiger partial charge on any atom is -0.497 e. The van der Waals surface area contributed by atoms with Crippen LogP contribution in [0.1, 0.15) is 24.0 Å². The van der Waals surface area contributed by atoms with E-state index < -0.39 is 0 Å². The second-order valence-electron chi connectivity index (χ2n) is 5.95. The molecule has 0 radical (unpaired) electrons. The molecule has 0 amide bonds. The topological polar surface area (TPSA) is 67.2 Å². The Morgan fingerprint density at radius 2 is 2.33 bits per heavy atom. The van der Waals surface area contributed by atoms with Gasteiger partial charge >= 0.3 is 0 Å². The second kappa shape index (κ2) is 4.77. The first-order valence-electron chi connectivity index (χ1n) is 7.51. The van der Waals surface area contributed by atoms with Crippen LogP contribution in [0.5, 0.6) is 5.75 Å². The van der Waals surface area contributed by atoms with Crippen LogP contribution in [-0.4, -0.2) is 36.4 Å². The van der Waals surface area contributed by atoms with Gasteiger partial charge in [0.2, 0.25) is 0 Å². The number of piperidine rings is 1. The van der Waals surface area contributed by atoms with E-state index >= 15 is 0 Å². The molecule has 1 unspecified atom stereocenters. The summed E-state index contributed by atoms with van der Waals surface area (Å²) in [4.78, 5) is 2.33. The maximum absolute atomic E-state index is 6.10. The molecular formula is C16H20N4O. The molecule has 1 aliphatic heterocycles. The molecule has 0 bridgehead atoms. The first kappa shape index (κ1) is 12.7. The maximum atomic E-state index is 6.10. The summed E-state index contributed by atoms with van der Waals surface area (Å²) in [6.45, 7) is 1.95. The highest BCUT2D eigenvalue weighted by Crippen LogP contribution is 2.41. The molecule has 2 heterocycles. The van der Waals surface area contributed by atoms with Crippen LogP contribution in [0, 0.1) is 0 Å². The Hall–Kier alpha value is -2.01. The van der Waals surface area contributed by atoms with Crippen molar-refractivity contribution in [1.29, 1.82) is 0 Å². The number of aromatic nitrogens is 2. The molecule has 1 fully saturated rings. The van der Waals surface area contributed by atoms with Crippen molar-refractivity contribution in [3.05, 3.63) is 29.3 Å². The summed E-state index contributed by atoms with van der Waals surface area (Å²) in [6, 6.07) is 6.52. The maximum Gasteiger partial charge on any atom is 0.154 e. The van der Waals surface area contributed by atoms with Crippen molar-refractivity contribution >= 4 is 5.82 Å². The van der Waals surface area contributed by atoms with Gasteiger partial charge in [-0.25, -0.2) is 0 Å². The number of aromatic amines is 1. The van der Waals surface area contributed by atoms with E-state index in [-0.39, 0.29) is 6.04 Å². The van der Waals surface area contributed by atoms with Gasteiger partial charge in [0.1, 0.15) is 5.75 Å². The molecule has 1 aromatic heterocycles. The molecular weight excluding hydrogens is 264 g/mol. The van der Waals surface area contributed by atoms with E-state index in [1.165, 1.54) is 16.7 Å². The summed E-state index contributed by atoms with van der Waals surface area (Å²) in [5, 5.41) is 7.77. The number of anilines is 1. The van der Waals surface area contributed by atoms with Crippen LogP contribution in [0.2, 0.25) is 0 Å². The molecule has 0 saturated carbocycles. The number of nitrogens with two attached hydrogens (primary N) is 1. The fraction of sp³-hybridized carbons (Fsp3) is 0.438. The first-order valence-corrected chi connectivity index (χ1v) is 7.51. The quantitative estimate of drug-likeness (QED) is 0.754. The highest BCUT2D eigenvalue weighted by molar-refractivity contribution is 5.79. The minimum absolute atomic E-state index is 0.259. The van der Waals surface area contributed by atoms with Gasteiger partial charge in [0, 0.05) is 36.7 Å². The van der Waals surface area contributed by atoms with Gasteiger partial charge in [-0.1, -0.05) is 6.07 Å². The monoisotopic (exact) mass is 284 g/mol. The van der Waals surface area contributed by atoms with Gasteiger partial charge in [-0.2, -0.15) is 5.10 Å². The summed E-state index contributed by atoms with van der Waals surface area (Å²) < 4.78 is 5.33. The lowest BCUT2D eigenvalue weighted by Crippen LogP contribution is -2.43. The first-order chi connectivity index (χ1) is 10.3. The van der Waals surface area contributed by atoms with Crippen LogP contribution in [-0.2, 0) is 6.42 Å². The normalized spacial score (nSPS) is 20.3. The van der Waals surface area contributed by atoms with Gasteiger partial charge in [0.25, 0.3) is 0 Å². The number of nitrogens with one attached hydrogen (secondary N) is 1. The Kier molecular flexibility index (Phi) is 2.89. The number of methoxy groups -OCH3 is 1. The zero-order valence-electron chi connectivity index (χ0n) is 12.2. The average Bonchev–Trinajstić information content (AvgIpc) is 3.05. The molecule has 110 valence electrons. The third kappa shape index (κ3) is 2.00. The van der Waals surface area contributed by atoms with Crippen LogP contribution >= 0.6 is 0 Å². The Morgan fingerprint density at radius 1 is 1.43 bits per heavy atom. The molecule has 5 heteroatoms. The summed E-state index contributed by atoms with van der Waals surface area (Å²) in [5.41, 5.74) is 11.1. The molecule has 0 spiro atoms. The lowest BCUT2D eigenvalue weighted by Gasteiger charge is -2.31. The highest BCUT2D eigenvalue weighted by atomic mass is 16.5. The van der Waals surface area contributed by atoms with Crippen LogP contribution in [0.15, 0.2) is 18.2 Å². The van der Waals surface area contributed by atoms with E-state index in [1.54, 1.807) is 7.11 Å². The van der Waals surface area contributed by atoms with Crippen molar-refractivity contribution in [1.82, 2.24) is 10.2 Å². The van der Waals surface area contributed by atoms with Gasteiger partial charge in [-0.15, -0.1) is 0 Å². The molecule has 1 aliphatic carbocycles. The number of hydrogen-bond acceptors (Lipinski definition) is 4. The van der Waals surface area contributed by atoms with E-state index in [1.807, 2.05) is 6.07 Å². The van der Waals surface area contributed by atoms with Crippen LogP contribution < -0.4 is 15.4 Å². The largest absolute Gasteiger partial charge is 0.497 e. The Bertz CT molecular complexity index is 679. The lowest BCUT2D eigenvalue weighted by atomic mass is 10.1. The molecule has 21 heavy (non-hydrogen) atoms. The SMILES string of the molecule is COc1ccc2c(c1)-c1[nH]nc(N3CCCC(N)C3)c1C2. The molecule has 4 rings (SSSR count). The summed E-state index contributed by atoms with van der Waals surface area (Å²) in [6.07, 6.45) is 3.19. The van der Waals surface area contributed by atoms with Gasteiger partial charge in [-0.3, -0.25) is 5.10 Å². The van der Waals surface area contributed by atoms with E-state index in [9.17, 15) is 0 Å². The van der Waals surface area contributed by atoms with E-state index in [0.717, 1.165) is 49.6 Å². The van der Waals surface area contributed by atoms with Crippen molar-refractivity contribution in [2.24, 2.45) is 5.73 Å². The molecule has 1 atom stereocenters. The van der Waals surface area contributed by atoms with E-state index in [0.29, 0.717) is 0 Å². The minimum atomic E-state index is 0.259. The number of benzene rings is 1. The highest BCUT2D eigenvalue weighted by Gasteiger charge is 2.29. The van der Waals surface area contributed by atoms with Crippen LogP contribution in [0.4, 0.5) is 5.82 Å². The number of ether oxygens (including phenoxy) is 1. The van der Waals surface area contributed by atoms with Gasteiger partial charge < -0.3 is 15.4 Å². The van der Waals surface area contributed by atoms with Crippen molar-refractivity contribution in [3.63, 3.8) is 0 Å². The molecule has 2 aliphatic rings.